The van der Waals surface area contributed by atoms with Crippen LogP contribution in [0, 0.1) is 6.92 Å². The van der Waals surface area contributed by atoms with Crippen molar-refractivity contribution in [2.75, 3.05) is 26.2 Å². The third-order valence-electron chi connectivity index (χ3n) is 5.62. The zero-order valence-corrected chi connectivity index (χ0v) is 18.2. The molecule has 3 aromatic carbocycles. The third-order valence-corrected chi connectivity index (χ3v) is 6.47. The lowest BCUT2D eigenvalue weighted by molar-refractivity contribution is 0.0597. The van der Waals surface area contributed by atoms with Crippen molar-refractivity contribution in [1.29, 1.82) is 0 Å². The Morgan fingerprint density at radius 2 is 1.38 bits per heavy atom. The van der Waals surface area contributed by atoms with E-state index in [0.717, 1.165) is 41.8 Å². The Balaban J connectivity index is 1.51. The van der Waals surface area contributed by atoms with E-state index in [2.05, 4.69) is 81.5 Å². The number of rotatable bonds is 4. The van der Waals surface area contributed by atoms with Gasteiger partial charge in [0.1, 0.15) is 0 Å². The fourth-order valence-corrected chi connectivity index (χ4v) is 4.36. The smallest absolute Gasteiger partial charge is 0.253 e. The molecule has 1 saturated heterocycles. The molecule has 0 aliphatic carbocycles. The maximum atomic E-state index is 13.0. The number of hydrogen-bond donors (Lipinski definition) is 0. The molecule has 29 heavy (non-hydrogen) atoms. The molecule has 0 aromatic heterocycles. The summed E-state index contributed by atoms with van der Waals surface area (Å²) >= 11 is 3.54. The SMILES string of the molecule is Cc1ccc(C(=O)N2CCN(C(c3ccccc3)c3ccccc3)CC2)cc1Br. The first-order valence-corrected chi connectivity index (χ1v) is 10.8. The number of piperazine rings is 1. The van der Waals surface area contributed by atoms with Crippen molar-refractivity contribution in [2.45, 2.75) is 13.0 Å². The van der Waals surface area contributed by atoms with Crippen LogP contribution in [0.25, 0.3) is 0 Å². The van der Waals surface area contributed by atoms with E-state index in [1.165, 1.54) is 11.1 Å². The molecule has 0 atom stereocenters. The maximum Gasteiger partial charge on any atom is 0.253 e. The fraction of sp³-hybridized carbons (Fsp3) is 0.240. The summed E-state index contributed by atoms with van der Waals surface area (Å²) in [5, 5.41) is 0. The fourth-order valence-electron chi connectivity index (χ4n) is 3.98. The number of halogens is 1. The number of nitrogens with zero attached hydrogens (tertiary/aromatic N) is 2. The molecule has 1 aliphatic rings. The maximum absolute atomic E-state index is 13.0. The van der Waals surface area contributed by atoms with E-state index < -0.39 is 0 Å². The Hall–Kier alpha value is -2.43. The Labute approximate surface area is 181 Å². The lowest BCUT2D eigenvalue weighted by Crippen LogP contribution is -2.49. The molecule has 1 fully saturated rings. The van der Waals surface area contributed by atoms with Crippen molar-refractivity contribution in [3.8, 4) is 0 Å². The van der Waals surface area contributed by atoms with Gasteiger partial charge in [-0.1, -0.05) is 82.7 Å². The minimum atomic E-state index is 0.112. The first-order chi connectivity index (χ1) is 14.1. The molecule has 0 saturated carbocycles. The monoisotopic (exact) mass is 448 g/mol. The predicted octanol–water partition coefficient (Wildman–Crippen LogP) is 5.30. The highest BCUT2D eigenvalue weighted by Gasteiger charge is 2.28. The van der Waals surface area contributed by atoms with Gasteiger partial charge in [0.2, 0.25) is 0 Å². The van der Waals surface area contributed by atoms with E-state index in [0.29, 0.717) is 0 Å². The zero-order chi connectivity index (χ0) is 20.2. The van der Waals surface area contributed by atoms with Gasteiger partial charge in [0, 0.05) is 36.2 Å². The van der Waals surface area contributed by atoms with Crippen LogP contribution < -0.4 is 0 Å². The standard InChI is InChI=1S/C25H25BrN2O/c1-19-12-13-22(18-23(19)26)25(29)28-16-14-27(15-17-28)24(20-8-4-2-5-9-20)21-10-6-3-7-11-21/h2-13,18,24H,14-17H2,1H3. The average molecular weight is 449 g/mol. The van der Waals surface area contributed by atoms with Crippen molar-refractivity contribution in [2.24, 2.45) is 0 Å². The Morgan fingerprint density at radius 3 is 1.90 bits per heavy atom. The van der Waals surface area contributed by atoms with E-state index in [1.807, 2.05) is 30.0 Å². The second-order valence-corrected chi connectivity index (χ2v) is 8.37. The molecule has 1 heterocycles. The molecule has 148 valence electrons. The van der Waals surface area contributed by atoms with Gasteiger partial charge in [-0.05, 0) is 35.7 Å². The van der Waals surface area contributed by atoms with Gasteiger partial charge in [0.25, 0.3) is 5.91 Å². The number of carbonyl (C=O) groups is 1. The van der Waals surface area contributed by atoms with Crippen LogP contribution in [-0.4, -0.2) is 41.9 Å². The molecule has 0 N–H and O–H groups in total. The quantitative estimate of drug-likeness (QED) is 0.540. The number of benzene rings is 3. The normalized spacial score (nSPS) is 14.9. The van der Waals surface area contributed by atoms with E-state index >= 15 is 0 Å². The van der Waals surface area contributed by atoms with Crippen LogP contribution in [0.15, 0.2) is 83.3 Å². The molecule has 3 aromatic rings. The second kappa shape index (κ2) is 8.93. The molecule has 4 rings (SSSR count). The van der Waals surface area contributed by atoms with Gasteiger partial charge in [-0.15, -0.1) is 0 Å². The van der Waals surface area contributed by atoms with Gasteiger partial charge in [-0.25, -0.2) is 0 Å². The highest BCUT2D eigenvalue weighted by atomic mass is 79.9. The molecule has 0 bridgehead atoms. The summed E-state index contributed by atoms with van der Waals surface area (Å²) in [4.78, 5) is 17.4. The minimum absolute atomic E-state index is 0.112. The summed E-state index contributed by atoms with van der Waals surface area (Å²) in [5.41, 5.74) is 4.47. The van der Waals surface area contributed by atoms with Gasteiger partial charge in [-0.3, -0.25) is 9.69 Å². The zero-order valence-electron chi connectivity index (χ0n) is 16.6. The molecule has 0 spiro atoms. The summed E-state index contributed by atoms with van der Waals surface area (Å²) in [6, 6.07) is 27.3. The molecular formula is C25H25BrN2O. The predicted molar refractivity (Wildman–Crippen MR) is 121 cm³/mol. The van der Waals surface area contributed by atoms with Crippen LogP contribution in [0.4, 0.5) is 0 Å². The van der Waals surface area contributed by atoms with Gasteiger partial charge < -0.3 is 4.90 Å². The van der Waals surface area contributed by atoms with Crippen molar-refractivity contribution in [3.05, 3.63) is 106 Å². The average Bonchev–Trinajstić information content (AvgIpc) is 2.77. The topological polar surface area (TPSA) is 23.6 Å². The van der Waals surface area contributed by atoms with E-state index in [4.69, 9.17) is 0 Å². The second-order valence-electron chi connectivity index (χ2n) is 7.52. The molecule has 0 unspecified atom stereocenters. The summed E-state index contributed by atoms with van der Waals surface area (Å²) in [5.74, 6) is 0.112. The lowest BCUT2D eigenvalue weighted by atomic mass is 9.96. The minimum Gasteiger partial charge on any atom is -0.336 e. The Kier molecular flexibility index (Phi) is 6.12. The van der Waals surface area contributed by atoms with Gasteiger partial charge in [-0.2, -0.15) is 0 Å². The summed E-state index contributed by atoms with van der Waals surface area (Å²) in [6.45, 7) is 5.21. The van der Waals surface area contributed by atoms with E-state index in [9.17, 15) is 4.79 Å². The van der Waals surface area contributed by atoms with Crippen LogP contribution in [0.2, 0.25) is 0 Å². The molecule has 0 radical (unpaired) electrons. The van der Waals surface area contributed by atoms with Gasteiger partial charge in [0.15, 0.2) is 0 Å². The molecule has 4 heteroatoms. The number of amides is 1. The summed E-state index contributed by atoms with van der Waals surface area (Å²) in [6.07, 6.45) is 0. The highest BCUT2D eigenvalue weighted by molar-refractivity contribution is 9.10. The lowest BCUT2D eigenvalue weighted by Gasteiger charge is -2.39. The van der Waals surface area contributed by atoms with Crippen LogP contribution in [-0.2, 0) is 0 Å². The van der Waals surface area contributed by atoms with Crippen molar-refractivity contribution in [3.63, 3.8) is 0 Å². The molecule has 1 amide bonds. The summed E-state index contributed by atoms with van der Waals surface area (Å²) in [7, 11) is 0. The van der Waals surface area contributed by atoms with Crippen LogP contribution >= 0.6 is 15.9 Å². The first kappa shape index (κ1) is 19.9. The molecule has 1 aliphatic heterocycles. The van der Waals surface area contributed by atoms with Crippen LogP contribution in [0.1, 0.15) is 33.1 Å². The number of carbonyl (C=O) groups excluding carboxylic acids is 1. The van der Waals surface area contributed by atoms with E-state index in [1.54, 1.807) is 0 Å². The largest absolute Gasteiger partial charge is 0.336 e. The highest BCUT2D eigenvalue weighted by Crippen LogP contribution is 2.29. The Bertz CT molecular complexity index is 927. The van der Waals surface area contributed by atoms with Crippen molar-refractivity contribution >= 4 is 21.8 Å². The van der Waals surface area contributed by atoms with Crippen molar-refractivity contribution < 1.29 is 4.79 Å². The van der Waals surface area contributed by atoms with Crippen molar-refractivity contribution in [1.82, 2.24) is 9.80 Å². The first-order valence-electron chi connectivity index (χ1n) is 10.0. The molecule has 3 nitrogen and oxygen atoms in total. The molecular weight excluding hydrogens is 424 g/mol. The third kappa shape index (κ3) is 4.44. The van der Waals surface area contributed by atoms with Gasteiger partial charge >= 0.3 is 0 Å². The summed E-state index contributed by atoms with van der Waals surface area (Å²) < 4.78 is 0.982. The number of hydrogen-bond acceptors (Lipinski definition) is 2. The van der Waals surface area contributed by atoms with E-state index in [-0.39, 0.29) is 11.9 Å². The van der Waals surface area contributed by atoms with Crippen LogP contribution in [0.5, 0.6) is 0 Å². The van der Waals surface area contributed by atoms with Gasteiger partial charge in [0.05, 0.1) is 6.04 Å². The van der Waals surface area contributed by atoms with Crippen LogP contribution in [0.3, 0.4) is 0 Å². The number of aryl methyl sites for hydroxylation is 1. The Morgan fingerprint density at radius 1 is 0.828 bits per heavy atom.